The van der Waals surface area contributed by atoms with E-state index in [4.69, 9.17) is 0 Å². The molecule has 2 aromatic rings. The Hall–Kier alpha value is -2.75. The van der Waals surface area contributed by atoms with E-state index in [-0.39, 0.29) is 6.42 Å². The van der Waals surface area contributed by atoms with Crippen LogP contribution in [0.1, 0.15) is 18.9 Å². The van der Waals surface area contributed by atoms with E-state index in [1.807, 2.05) is 6.07 Å². The van der Waals surface area contributed by atoms with Gasteiger partial charge in [-0.25, -0.2) is 4.90 Å². The van der Waals surface area contributed by atoms with E-state index in [0.29, 0.717) is 11.3 Å². The van der Waals surface area contributed by atoms with Crippen molar-refractivity contribution in [3.8, 4) is 0 Å². The van der Waals surface area contributed by atoms with Gasteiger partial charge in [-0.3, -0.25) is 14.4 Å². The normalized spacial score (nSPS) is 21.5. The van der Waals surface area contributed by atoms with Crippen molar-refractivity contribution >= 4 is 23.3 Å². The largest absolute Gasteiger partial charge is 0.302 e. The molecule has 2 amide bonds. The van der Waals surface area contributed by atoms with Gasteiger partial charge in [-0.05, 0) is 24.1 Å². The molecule has 0 aliphatic carbocycles. The molecule has 1 saturated heterocycles. The number of benzene rings is 2. The lowest BCUT2D eigenvalue weighted by Crippen LogP contribution is -2.40. The topological polar surface area (TPSA) is 54.5 Å². The van der Waals surface area contributed by atoms with Crippen LogP contribution in [-0.2, 0) is 19.8 Å². The Morgan fingerprint density at radius 1 is 0.864 bits per heavy atom. The molecule has 0 bridgehead atoms. The van der Waals surface area contributed by atoms with Gasteiger partial charge < -0.3 is 0 Å². The summed E-state index contributed by atoms with van der Waals surface area (Å²) >= 11 is 0. The molecule has 0 spiro atoms. The molecule has 22 heavy (non-hydrogen) atoms. The summed E-state index contributed by atoms with van der Waals surface area (Å²) in [7, 11) is 0. The summed E-state index contributed by atoms with van der Waals surface area (Å²) in [6, 6.07) is 17.4. The molecule has 4 heteroatoms. The first kappa shape index (κ1) is 14.2. The summed E-state index contributed by atoms with van der Waals surface area (Å²) in [4.78, 5) is 39.0. The first-order chi connectivity index (χ1) is 10.6. The zero-order valence-corrected chi connectivity index (χ0v) is 12.2. The van der Waals surface area contributed by atoms with E-state index in [0.717, 1.165) is 4.90 Å². The van der Waals surface area contributed by atoms with Crippen molar-refractivity contribution in [3.05, 3.63) is 66.2 Å². The standard InChI is InChI=1S/C18H15NO3/c1-2-18(13-9-5-3-6-10-13)15(20)16(21)19(17(18)22)14-11-7-4-8-12-14/h3-12H,2H2,1H3/t18-/m0/s1. The summed E-state index contributed by atoms with van der Waals surface area (Å²) in [5.74, 6) is -1.89. The summed E-state index contributed by atoms with van der Waals surface area (Å²) in [5, 5.41) is 0. The van der Waals surface area contributed by atoms with Gasteiger partial charge in [0.25, 0.3) is 5.91 Å². The predicted octanol–water partition coefficient (Wildman–Crippen LogP) is 2.48. The van der Waals surface area contributed by atoms with Crippen LogP contribution in [0.15, 0.2) is 60.7 Å². The molecule has 0 unspecified atom stereocenters. The highest BCUT2D eigenvalue weighted by molar-refractivity contribution is 6.59. The first-order valence-electron chi connectivity index (χ1n) is 7.17. The van der Waals surface area contributed by atoms with Crippen molar-refractivity contribution in [2.45, 2.75) is 18.8 Å². The molecule has 3 rings (SSSR count). The van der Waals surface area contributed by atoms with Crippen molar-refractivity contribution in [1.29, 1.82) is 0 Å². The van der Waals surface area contributed by atoms with E-state index < -0.39 is 23.0 Å². The Morgan fingerprint density at radius 3 is 1.95 bits per heavy atom. The van der Waals surface area contributed by atoms with Crippen LogP contribution in [0.3, 0.4) is 0 Å². The summed E-state index contributed by atoms with van der Waals surface area (Å²) in [6.07, 6.45) is 0.254. The van der Waals surface area contributed by atoms with Crippen LogP contribution in [-0.4, -0.2) is 17.6 Å². The van der Waals surface area contributed by atoms with Crippen molar-refractivity contribution in [2.75, 3.05) is 4.90 Å². The van der Waals surface area contributed by atoms with E-state index in [1.54, 1.807) is 61.5 Å². The number of ketones is 1. The fourth-order valence-corrected chi connectivity index (χ4v) is 2.97. The first-order valence-corrected chi connectivity index (χ1v) is 7.17. The Kier molecular flexibility index (Phi) is 3.37. The fraction of sp³-hybridized carbons (Fsp3) is 0.167. The molecule has 0 aromatic heterocycles. The second-order valence-electron chi connectivity index (χ2n) is 5.24. The fourth-order valence-electron chi connectivity index (χ4n) is 2.97. The predicted molar refractivity (Wildman–Crippen MR) is 82.4 cm³/mol. The number of rotatable bonds is 3. The number of para-hydroxylation sites is 1. The Morgan fingerprint density at radius 2 is 1.41 bits per heavy atom. The maximum absolute atomic E-state index is 13.0. The van der Waals surface area contributed by atoms with Crippen LogP contribution < -0.4 is 4.90 Å². The van der Waals surface area contributed by atoms with E-state index in [9.17, 15) is 14.4 Å². The van der Waals surface area contributed by atoms with Crippen molar-refractivity contribution in [1.82, 2.24) is 0 Å². The second-order valence-corrected chi connectivity index (χ2v) is 5.24. The quantitative estimate of drug-likeness (QED) is 0.496. The molecular weight excluding hydrogens is 278 g/mol. The molecule has 1 heterocycles. The van der Waals surface area contributed by atoms with Crippen molar-refractivity contribution < 1.29 is 14.4 Å². The molecule has 1 atom stereocenters. The van der Waals surface area contributed by atoms with Gasteiger partial charge in [0.15, 0.2) is 0 Å². The smallest absolute Gasteiger partial charge is 0.287 e. The number of anilines is 1. The number of amides is 2. The minimum Gasteiger partial charge on any atom is -0.287 e. The molecule has 1 aliphatic heterocycles. The van der Waals surface area contributed by atoms with Crippen LogP contribution in [0, 0.1) is 0 Å². The highest BCUT2D eigenvalue weighted by Crippen LogP contribution is 2.38. The van der Waals surface area contributed by atoms with E-state index in [1.165, 1.54) is 0 Å². The summed E-state index contributed by atoms with van der Waals surface area (Å²) < 4.78 is 0. The number of carbonyl (C=O) groups is 3. The maximum atomic E-state index is 13.0. The lowest BCUT2D eigenvalue weighted by atomic mass is 9.76. The van der Waals surface area contributed by atoms with Crippen LogP contribution in [0.25, 0.3) is 0 Å². The second kappa shape index (κ2) is 5.22. The minimum absolute atomic E-state index is 0.254. The van der Waals surface area contributed by atoms with Crippen molar-refractivity contribution in [2.24, 2.45) is 0 Å². The molecule has 1 fully saturated rings. The van der Waals surface area contributed by atoms with E-state index >= 15 is 0 Å². The Bertz CT molecular complexity index is 739. The van der Waals surface area contributed by atoms with Crippen LogP contribution in [0.5, 0.6) is 0 Å². The molecule has 110 valence electrons. The maximum Gasteiger partial charge on any atom is 0.302 e. The van der Waals surface area contributed by atoms with E-state index in [2.05, 4.69) is 0 Å². The van der Waals surface area contributed by atoms with Gasteiger partial charge in [-0.2, -0.15) is 0 Å². The number of Topliss-reactive ketones (excluding diaryl/α,β-unsaturated/α-hetero) is 1. The molecule has 2 aromatic carbocycles. The number of carbonyl (C=O) groups excluding carboxylic acids is 3. The van der Waals surface area contributed by atoms with Gasteiger partial charge in [0.05, 0.1) is 5.69 Å². The van der Waals surface area contributed by atoms with Crippen LogP contribution in [0.4, 0.5) is 5.69 Å². The lowest BCUT2D eigenvalue weighted by Gasteiger charge is -2.24. The highest BCUT2D eigenvalue weighted by atomic mass is 16.2. The molecule has 0 saturated carbocycles. The average molecular weight is 293 g/mol. The molecule has 0 radical (unpaired) electrons. The zero-order chi connectivity index (χ0) is 15.7. The summed E-state index contributed by atoms with van der Waals surface area (Å²) in [6.45, 7) is 1.75. The third-order valence-corrected chi connectivity index (χ3v) is 4.16. The highest BCUT2D eigenvalue weighted by Gasteiger charge is 2.59. The monoisotopic (exact) mass is 293 g/mol. The van der Waals surface area contributed by atoms with Gasteiger partial charge in [0, 0.05) is 0 Å². The van der Waals surface area contributed by atoms with Gasteiger partial charge in [-0.1, -0.05) is 55.5 Å². The van der Waals surface area contributed by atoms with Gasteiger partial charge in [0.1, 0.15) is 5.41 Å². The van der Waals surface area contributed by atoms with Gasteiger partial charge >= 0.3 is 5.91 Å². The molecular formula is C18H15NO3. The van der Waals surface area contributed by atoms with Crippen molar-refractivity contribution in [3.63, 3.8) is 0 Å². The van der Waals surface area contributed by atoms with Gasteiger partial charge in [-0.15, -0.1) is 0 Å². The third-order valence-electron chi connectivity index (χ3n) is 4.16. The summed E-state index contributed by atoms with van der Waals surface area (Å²) in [5.41, 5.74) is -0.412. The van der Waals surface area contributed by atoms with Crippen LogP contribution in [0.2, 0.25) is 0 Å². The molecule has 1 aliphatic rings. The number of hydrogen-bond acceptors (Lipinski definition) is 3. The number of nitrogens with zero attached hydrogens (tertiary/aromatic N) is 1. The molecule has 4 nitrogen and oxygen atoms in total. The SMILES string of the molecule is CC[C@]1(c2ccccc2)C(=O)C(=O)N(c2ccccc2)C1=O. The lowest BCUT2D eigenvalue weighted by molar-refractivity contribution is -0.137. The minimum atomic E-state index is -1.41. The number of imide groups is 1. The zero-order valence-electron chi connectivity index (χ0n) is 12.2. The number of hydrogen-bond donors (Lipinski definition) is 0. The average Bonchev–Trinajstić information content (AvgIpc) is 2.76. The molecule has 0 N–H and O–H groups in total. The van der Waals surface area contributed by atoms with Gasteiger partial charge in [0.2, 0.25) is 5.78 Å². The Balaban J connectivity index is 2.16. The van der Waals surface area contributed by atoms with Crippen LogP contribution >= 0.6 is 0 Å². The Labute approximate surface area is 128 Å². The third kappa shape index (κ3) is 1.80.